The maximum absolute atomic E-state index is 11.8. The minimum Gasteiger partial charge on any atom is -0.299 e. The molecule has 0 aliphatic carbocycles. The Bertz CT molecular complexity index is 613. The zero-order valence-electron chi connectivity index (χ0n) is 11.9. The standard InChI is InChI=1S/C19H18O2/c20-18(13-11-16-7-3-1-4-8-16)15-19(21)14-12-17-9-5-2-6-10-17/h1-11,13H,12,14-15H2. The van der Waals surface area contributed by atoms with E-state index >= 15 is 0 Å². The van der Waals surface area contributed by atoms with Gasteiger partial charge in [0.2, 0.25) is 0 Å². The van der Waals surface area contributed by atoms with Crippen LogP contribution in [0.1, 0.15) is 24.0 Å². The Hall–Kier alpha value is -2.48. The summed E-state index contributed by atoms with van der Waals surface area (Å²) in [5.41, 5.74) is 2.08. The van der Waals surface area contributed by atoms with Crippen molar-refractivity contribution in [3.63, 3.8) is 0 Å². The average Bonchev–Trinajstić information content (AvgIpc) is 2.53. The predicted octanol–water partition coefficient (Wildman–Crippen LogP) is 3.86. The van der Waals surface area contributed by atoms with Crippen molar-refractivity contribution in [2.24, 2.45) is 0 Å². The third kappa shape index (κ3) is 5.57. The van der Waals surface area contributed by atoms with Gasteiger partial charge in [0.1, 0.15) is 5.78 Å². The van der Waals surface area contributed by atoms with Crippen LogP contribution in [0.25, 0.3) is 6.08 Å². The first-order chi connectivity index (χ1) is 10.2. The quantitative estimate of drug-likeness (QED) is 0.569. The molecule has 2 heteroatoms. The van der Waals surface area contributed by atoms with Crippen LogP contribution in [0.5, 0.6) is 0 Å². The molecule has 2 aromatic carbocycles. The molecule has 2 aromatic rings. The van der Waals surface area contributed by atoms with E-state index in [-0.39, 0.29) is 18.0 Å². The molecule has 0 saturated carbocycles. The average molecular weight is 278 g/mol. The van der Waals surface area contributed by atoms with Gasteiger partial charge in [-0.2, -0.15) is 0 Å². The number of Topliss-reactive ketones (excluding diaryl/α,β-unsaturated/α-hetero) is 1. The SMILES string of the molecule is O=C(C=Cc1ccccc1)CC(=O)CCc1ccccc1. The second-order valence-electron chi connectivity index (χ2n) is 4.91. The van der Waals surface area contributed by atoms with Gasteiger partial charge in [0.15, 0.2) is 5.78 Å². The summed E-state index contributed by atoms with van der Waals surface area (Å²) in [6, 6.07) is 19.4. The molecule has 0 radical (unpaired) electrons. The fraction of sp³-hybridized carbons (Fsp3) is 0.158. The van der Waals surface area contributed by atoms with Gasteiger partial charge in [-0.1, -0.05) is 66.7 Å². The topological polar surface area (TPSA) is 34.1 Å². The summed E-state index contributed by atoms with van der Waals surface area (Å²) in [7, 11) is 0. The second kappa shape index (κ2) is 7.95. The molecule has 0 aromatic heterocycles. The number of allylic oxidation sites excluding steroid dienone is 1. The number of carbonyl (C=O) groups excluding carboxylic acids is 2. The Labute approximate surface area is 125 Å². The van der Waals surface area contributed by atoms with Gasteiger partial charge in [-0.3, -0.25) is 9.59 Å². The minimum absolute atomic E-state index is 0.0124. The number of hydrogen-bond donors (Lipinski definition) is 0. The second-order valence-corrected chi connectivity index (χ2v) is 4.91. The molecule has 0 spiro atoms. The normalized spacial score (nSPS) is 10.7. The molecule has 0 aliphatic rings. The molecule has 0 bridgehead atoms. The third-order valence-electron chi connectivity index (χ3n) is 3.17. The van der Waals surface area contributed by atoms with E-state index in [1.165, 1.54) is 6.08 Å². The molecule has 2 rings (SSSR count). The molecule has 0 saturated heterocycles. The van der Waals surface area contributed by atoms with Crippen molar-refractivity contribution in [1.29, 1.82) is 0 Å². The summed E-state index contributed by atoms with van der Waals surface area (Å²) in [6.45, 7) is 0. The molecule has 0 heterocycles. The van der Waals surface area contributed by atoms with Crippen LogP contribution in [-0.4, -0.2) is 11.6 Å². The Balaban J connectivity index is 1.77. The summed E-state index contributed by atoms with van der Waals surface area (Å²) < 4.78 is 0. The van der Waals surface area contributed by atoms with Crippen molar-refractivity contribution in [2.45, 2.75) is 19.3 Å². The first-order valence-corrected chi connectivity index (χ1v) is 7.05. The Kier molecular flexibility index (Phi) is 5.65. The van der Waals surface area contributed by atoms with Gasteiger partial charge in [0.05, 0.1) is 6.42 Å². The van der Waals surface area contributed by atoms with E-state index in [0.29, 0.717) is 12.8 Å². The van der Waals surface area contributed by atoms with Crippen molar-refractivity contribution < 1.29 is 9.59 Å². The van der Waals surface area contributed by atoms with Crippen molar-refractivity contribution in [2.75, 3.05) is 0 Å². The van der Waals surface area contributed by atoms with E-state index < -0.39 is 0 Å². The monoisotopic (exact) mass is 278 g/mol. The fourth-order valence-electron chi connectivity index (χ4n) is 2.02. The minimum atomic E-state index is -0.142. The van der Waals surface area contributed by atoms with E-state index in [1.54, 1.807) is 6.08 Å². The molecule has 0 aliphatic heterocycles. The van der Waals surface area contributed by atoms with Crippen LogP contribution in [-0.2, 0) is 16.0 Å². The first-order valence-electron chi connectivity index (χ1n) is 7.05. The van der Waals surface area contributed by atoms with Crippen LogP contribution in [0.4, 0.5) is 0 Å². The molecule has 0 fully saturated rings. The van der Waals surface area contributed by atoms with Gasteiger partial charge in [-0.25, -0.2) is 0 Å². The number of hydrogen-bond acceptors (Lipinski definition) is 2. The lowest BCUT2D eigenvalue weighted by Crippen LogP contribution is -2.06. The molecule has 106 valence electrons. The Morgan fingerprint density at radius 1 is 0.857 bits per heavy atom. The highest BCUT2D eigenvalue weighted by atomic mass is 16.1. The van der Waals surface area contributed by atoms with Crippen molar-refractivity contribution in [3.05, 3.63) is 77.9 Å². The van der Waals surface area contributed by atoms with Gasteiger partial charge in [-0.05, 0) is 23.6 Å². The lowest BCUT2D eigenvalue weighted by molar-refractivity contribution is -0.124. The highest BCUT2D eigenvalue weighted by molar-refractivity contribution is 6.06. The van der Waals surface area contributed by atoms with Gasteiger partial charge in [0.25, 0.3) is 0 Å². The zero-order valence-corrected chi connectivity index (χ0v) is 11.9. The smallest absolute Gasteiger partial charge is 0.163 e. The fourth-order valence-corrected chi connectivity index (χ4v) is 2.02. The van der Waals surface area contributed by atoms with Crippen LogP contribution in [0.3, 0.4) is 0 Å². The largest absolute Gasteiger partial charge is 0.299 e. The molecular formula is C19H18O2. The maximum atomic E-state index is 11.8. The van der Waals surface area contributed by atoms with Crippen LogP contribution in [0.2, 0.25) is 0 Å². The molecular weight excluding hydrogens is 260 g/mol. The highest BCUT2D eigenvalue weighted by Crippen LogP contribution is 2.06. The molecule has 0 atom stereocenters. The molecule has 2 nitrogen and oxygen atoms in total. The number of rotatable bonds is 7. The van der Waals surface area contributed by atoms with Crippen LogP contribution in [0.15, 0.2) is 66.7 Å². The molecule has 0 amide bonds. The van der Waals surface area contributed by atoms with Gasteiger partial charge in [0, 0.05) is 6.42 Å². The van der Waals surface area contributed by atoms with E-state index in [2.05, 4.69) is 0 Å². The van der Waals surface area contributed by atoms with Gasteiger partial charge in [-0.15, -0.1) is 0 Å². The number of carbonyl (C=O) groups is 2. The van der Waals surface area contributed by atoms with E-state index in [4.69, 9.17) is 0 Å². The third-order valence-corrected chi connectivity index (χ3v) is 3.17. The summed E-state index contributed by atoms with van der Waals surface area (Å²) in [6.07, 6.45) is 4.31. The van der Waals surface area contributed by atoms with E-state index in [9.17, 15) is 9.59 Å². The predicted molar refractivity (Wildman–Crippen MR) is 84.9 cm³/mol. The van der Waals surface area contributed by atoms with E-state index in [0.717, 1.165) is 11.1 Å². The van der Waals surface area contributed by atoms with E-state index in [1.807, 2.05) is 60.7 Å². The lowest BCUT2D eigenvalue weighted by atomic mass is 10.0. The maximum Gasteiger partial charge on any atom is 0.163 e. The summed E-state index contributed by atoms with van der Waals surface area (Å²) in [4.78, 5) is 23.5. The summed E-state index contributed by atoms with van der Waals surface area (Å²) in [5.74, 6) is -0.154. The molecule has 0 N–H and O–H groups in total. The highest BCUT2D eigenvalue weighted by Gasteiger charge is 2.07. The zero-order chi connectivity index (χ0) is 14.9. The summed E-state index contributed by atoms with van der Waals surface area (Å²) in [5, 5.41) is 0. The number of benzene rings is 2. The van der Waals surface area contributed by atoms with Crippen molar-refractivity contribution in [3.8, 4) is 0 Å². The number of aryl methyl sites for hydroxylation is 1. The van der Waals surface area contributed by atoms with Gasteiger partial charge < -0.3 is 0 Å². The Morgan fingerprint density at radius 3 is 2.14 bits per heavy atom. The van der Waals surface area contributed by atoms with Crippen molar-refractivity contribution >= 4 is 17.6 Å². The first kappa shape index (κ1) is 14.9. The van der Waals surface area contributed by atoms with Crippen LogP contribution < -0.4 is 0 Å². The number of ketones is 2. The molecule has 0 unspecified atom stereocenters. The Morgan fingerprint density at radius 2 is 1.48 bits per heavy atom. The molecule has 21 heavy (non-hydrogen) atoms. The van der Waals surface area contributed by atoms with Crippen molar-refractivity contribution in [1.82, 2.24) is 0 Å². The lowest BCUT2D eigenvalue weighted by Gasteiger charge is -2.00. The van der Waals surface area contributed by atoms with Crippen LogP contribution >= 0.6 is 0 Å². The summed E-state index contributed by atoms with van der Waals surface area (Å²) >= 11 is 0. The van der Waals surface area contributed by atoms with Crippen LogP contribution in [0, 0.1) is 0 Å². The van der Waals surface area contributed by atoms with Gasteiger partial charge >= 0.3 is 0 Å².